The Balaban J connectivity index is 2.32. The van der Waals surface area contributed by atoms with Crippen LogP contribution in [0.2, 0.25) is 5.02 Å². The molecule has 0 bridgehead atoms. The molecule has 0 aliphatic rings. The summed E-state index contributed by atoms with van der Waals surface area (Å²) in [5, 5.41) is 0.714. The van der Waals surface area contributed by atoms with Crippen molar-refractivity contribution in [3.63, 3.8) is 0 Å². The summed E-state index contributed by atoms with van der Waals surface area (Å²) >= 11 is 5.81. The monoisotopic (exact) mass is 221 g/mol. The van der Waals surface area contributed by atoms with Gasteiger partial charge in [-0.25, -0.2) is 4.98 Å². The van der Waals surface area contributed by atoms with Crippen LogP contribution in [0.3, 0.4) is 0 Å². The van der Waals surface area contributed by atoms with Gasteiger partial charge in [-0.2, -0.15) is 0 Å². The Morgan fingerprint density at radius 2 is 2.00 bits per heavy atom. The molecule has 3 nitrogen and oxygen atoms in total. The smallest absolute Gasteiger partial charge is 0.129 e. The number of halogens is 1. The Bertz CT molecular complexity index is 447. The Hall–Kier alpha value is -1.32. The molecule has 1 unspecified atom stereocenters. The van der Waals surface area contributed by atoms with Crippen molar-refractivity contribution in [3.8, 4) is 0 Å². The highest BCUT2D eigenvalue weighted by Crippen LogP contribution is 2.19. The van der Waals surface area contributed by atoms with Gasteiger partial charge in [0.15, 0.2) is 0 Å². The summed E-state index contributed by atoms with van der Waals surface area (Å²) in [6.45, 7) is 0. The highest BCUT2D eigenvalue weighted by atomic mass is 35.5. The van der Waals surface area contributed by atoms with Crippen LogP contribution in [0.25, 0.3) is 0 Å². The summed E-state index contributed by atoms with van der Waals surface area (Å²) in [7, 11) is 1.93. The molecule has 0 saturated heterocycles. The largest absolute Gasteiger partial charge is 0.336 e. The van der Waals surface area contributed by atoms with Gasteiger partial charge in [0.05, 0.1) is 6.04 Å². The number of nitrogens with zero attached hydrogens (tertiary/aromatic N) is 2. The predicted molar refractivity (Wildman–Crippen MR) is 60.7 cm³/mol. The van der Waals surface area contributed by atoms with Gasteiger partial charge >= 0.3 is 0 Å². The topological polar surface area (TPSA) is 43.8 Å². The van der Waals surface area contributed by atoms with Crippen molar-refractivity contribution < 1.29 is 0 Å². The normalized spacial score (nSPS) is 12.7. The average molecular weight is 222 g/mol. The summed E-state index contributed by atoms with van der Waals surface area (Å²) in [5.41, 5.74) is 7.09. The van der Waals surface area contributed by atoms with E-state index < -0.39 is 0 Å². The van der Waals surface area contributed by atoms with Crippen molar-refractivity contribution in [2.75, 3.05) is 0 Å². The fourth-order valence-corrected chi connectivity index (χ4v) is 1.62. The van der Waals surface area contributed by atoms with E-state index in [9.17, 15) is 0 Å². The van der Waals surface area contributed by atoms with E-state index in [-0.39, 0.29) is 6.04 Å². The van der Waals surface area contributed by atoms with Crippen LogP contribution >= 0.6 is 11.6 Å². The molecule has 0 radical (unpaired) electrons. The van der Waals surface area contributed by atoms with Crippen LogP contribution in [0.15, 0.2) is 36.7 Å². The van der Waals surface area contributed by atoms with E-state index in [4.69, 9.17) is 17.3 Å². The summed E-state index contributed by atoms with van der Waals surface area (Å²) in [4.78, 5) is 4.22. The van der Waals surface area contributed by atoms with Crippen molar-refractivity contribution in [3.05, 3.63) is 53.1 Å². The molecule has 1 aromatic heterocycles. The van der Waals surface area contributed by atoms with Crippen LogP contribution in [0.1, 0.15) is 17.4 Å². The minimum atomic E-state index is -0.206. The molecule has 0 fully saturated rings. The molecule has 0 saturated carbocycles. The van der Waals surface area contributed by atoms with Crippen molar-refractivity contribution >= 4 is 11.6 Å². The number of rotatable bonds is 2. The van der Waals surface area contributed by atoms with Crippen LogP contribution < -0.4 is 5.73 Å². The van der Waals surface area contributed by atoms with E-state index in [0.29, 0.717) is 5.02 Å². The van der Waals surface area contributed by atoms with Gasteiger partial charge in [-0.1, -0.05) is 23.7 Å². The second-order valence-electron chi connectivity index (χ2n) is 3.43. The van der Waals surface area contributed by atoms with Crippen LogP contribution in [0.5, 0.6) is 0 Å². The molecule has 78 valence electrons. The van der Waals surface area contributed by atoms with Gasteiger partial charge in [-0.05, 0) is 17.7 Å². The molecular weight excluding hydrogens is 210 g/mol. The molecule has 0 aliphatic carbocycles. The second-order valence-corrected chi connectivity index (χ2v) is 3.86. The summed E-state index contributed by atoms with van der Waals surface area (Å²) < 4.78 is 1.92. The minimum absolute atomic E-state index is 0.206. The molecule has 4 heteroatoms. The first-order chi connectivity index (χ1) is 7.18. The number of hydrogen-bond donors (Lipinski definition) is 1. The van der Waals surface area contributed by atoms with E-state index in [1.165, 1.54) is 0 Å². The van der Waals surface area contributed by atoms with Crippen LogP contribution in [0.4, 0.5) is 0 Å². The minimum Gasteiger partial charge on any atom is -0.336 e. The Labute approximate surface area is 93.5 Å². The number of aromatic nitrogens is 2. The SMILES string of the molecule is Cn1ccnc1C(N)c1ccc(Cl)cc1. The van der Waals surface area contributed by atoms with E-state index in [1.54, 1.807) is 6.20 Å². The third kappa shape index (κ3) is 2.03. The first-order valence-electron chi connectivity index (χ1n) is 4.67. The predicted octanol–water partition coefficient (Wildman–Crippen LogP) is 2.12. The van der Waals surface area contributed by atoms with Crippen molar-refractivity contribution in [2.45, 2.75) is 6.04 Å². The van der Waals surface area contributed by atoms with Gasteiger partial charge in [0.2, 0.25) is 0 Å². The molecule has 1 atom stereocenters. The lowest BCUT2D eigenvalue weighted by molar-refractivity contribution is 0.717. The molecule has 2 rings (SSSR count). The van der Waals surface area contributed by atoms with E-state index in [1.807, 2.05) is 42.1 Å². The van der Waals surface area contributed by atoms with Crippen LogP contribution in [-0.4, -0.2) is 9.55 Å². The first-order valence-corrected chi connectivity index (χ1v) is 5.04. The van der Waals surface area contributed by atoms with Gasteiger partial charge in [0.25, 0.3) is 0 Å². The Kier molecular flexibility index (Phi) is 2.75. The quantitative estimate of drug-likeness (QED) is 0.844. The fourth-order valence-electron chi connectivity index (χ4n) is 1.50. The zero-order valence-corrected chi connectivity index (χ0v) is 9.15. The molecule has 2 aromatic rings. The first kappa shape index (κ1) is 10.2. The fraction of sp³-hybridized carbons (Fsp3) is 0.182. The summed E-state index contributed by atoms with van der Waals surface area (Å²) in [6.07, 6.45) is 3.62. The van der Waals surface area contributed by atoms with Gasteiger partial charge in [0, 0.05) is 24.5 Å². The standard InChI is InChI=1S/C11H12ClN3/c1-15-7-6-14-11(15)10(13)8-2-4-9(12)5-3-8/h2-7,10H,13H2,1H3. The van der Waals surface area contributed by atoms with Gasteiger partial charge in [-0.15, -0.1) is 0 Å². The summed E-state index contributed by atoms with van der Waals surface area (Å²) in [5.74, 6) is 0.845. The van der Waals surface area contributed by atoms with Gasteiger partial charge < -0.3 is 10.3 Å². The van der Waals surface area contributed by atoms with E-state index in [0.717, 1.165) is 11.4 Å². The van der Waals surface area contributed by atoms with Crippen LogP contribution in [-0.2, 0) is 7.05 Å². The molecular formula is C11H12ClN3. The molecule has 1 aromatic carbocycles. The lowest BCUT2D eigenvalue weighted by Crippen LogP contribution is -2.16. The average Bonchev–Trinajstić information content (AvgIpc) is 2.65. The molecule has 1 heterocycles. The maximum absolute atomic E-state index is 6.09. The number of benzene rings is 1. The zero-order chi connectivity index (χ0) is 10.8. The van der Waals surface area contributed by atoms with Crippen molar-refractivity contribution in [1.82, 2.24) is 9.55 Å². The highest BCUT2D eigenvalue weighted by Gasteiger charge is 2.12. The number of nitrogens with two attached hydrogens (primary N) is 1. The lowest BCUT2D eigenvalue weighted by atomic mass is 10.1. The summed E-state index contributed by atoms with van der Waals surface area (Å²) in [6, 6.07) is 7.30. The Morgan fingerprint density at radius 1 is 1.33 bits per heavy atom. The molecule has 0 amide bonds. The van der Waals surface area contributed by atoms with Crippen molar-refractivity contribution in [1.29, 1.82) is 0 Å². The molecule has 15 heavy (non-hydrogen) atoms. The zero-order valence-electron chi connectivity index (χ0n) is 8.39. The third-order valence-corrected chi connectivity index (χ3v) is 2.62. The van der Waals surface area contributed by atoms with Gasteiger partial charge in [0.1, 0.15) is 5.82 Å². The molecule has 2 N–H and O–H groups in total. The maximum atomic E-state index is 6.09. The molecule has 0 aliphatic heterocycles. The highest BCUT2D eigenvalue weighted by molar-refractivity contribution is 6.30. The maximum Gasteiger partial charge on any atom is 0.129 e. The van der Waals surface area contributed by atoms with E-state index in [2.05, 4.69) is 4.98 Å². The molecule has 0 spiro atoms. The van der Waals surface area contributed by atoms with Gasteiger partial charge in [-0.3, -0.25) is 0 Å². The Morgan fingerprint density at radius 3 is 2.53 bits per heavy atom. The third-order valence-electron chi connectivity index (χ3n) is 2.37. The number of hydrogen-bond acceptors (Lipinski definition) is 2. The lowest BCUT2D eigenvalue weighted by Gasteiger charge is -2.11. The number of imidazole rings is 1. The number of aryl methyl sites for hydroxylation is 1. The van der Waals surface area contributed by atoms with Crippen molar-refractivity contribution in [2.24, 2.45) is 12.8 Å². The van der Waals surface area contributed by atoms with E-state index >= 15 is 0 Å². The second kappa shape index (κ2) is 4.04. The van der Waals surface area contributed by atoms with Crippen LogP contribution in [0, 0.1) is 0 Å².